The van der Waals surface area contributed by atoms with Crippen LogP contribution in [0.4, 0.5) is 0 Å². The van der Waals surface area contributed by atoms with Gasteiger partial charge in [-0.15, -0.1) is 0 Å². The first kappa shape index (κ1) is 15.3. The van der Waals surface area contributed by atoms with Gasteiger partial charge in [-0.25, -0.2) is 0 Å². The third-order valence-electron chi connectivity index (χ3n) is 1.95. The van der Waals surface area contributed by atoms with Crippen molar-refractivity contribution in [2.24, 2.45) is 5.92 Å². The van der Waals surface area contributed by atoms with Gasteiger partial charge in [-0.2, -0.15) is 0 Å². The van der Waals surface area contributed by atoms with Gasteiger partial charge in [-0.3, -0.25) is 0 Å². The van der Waals surface area contributed by atoms with Crippen molar-refractivity contribution >= 4 is 0 Å². The molecule has 0 saturated carbocycles. The quantitative estimate of drug-likeness (QED) is 0.465. The molecule has 0 rings (SSSR count). The van der Waals surface area contributed by atoms with Crippen LogP contribution in [0, 0.1) is 17.8 Å². The molecule has 0 aromatic heterocycles. The first-order chi connectivity index (χ1) is 8.35. The van der Waals surface area contributed by atoms with Crippen LogP contribution in [-0.4, -0.2) is 0 Å². The fourth-order valence-electron chi connectivity index (χ4n) is 1.12. The lowest BCUT2D eigenvalue weighted by molar-refractivity contribution is 1.07. The summed E-state index contributed by atoms with van der Waals surface area (Å²) in [7, 11) is 0. The highest BCUT2D eigenvalue weighted by molar-refractivity contribution is 5.22. The molecule has 0 aliphatic carbocycles. The van der Waals surface area contributed by atoms with E-state index in [1.165, 1.54) is 0 Å². The summed E-state index contributed by atoms with van der Waals surface area (Å²) in [6.45, 7) is 6.07. The fourth-order valence-corrected chi connectivity index (χ4v) is 1.12. The second kappa shape index (κ2) is 12.3. The minimum atomic E-state index is 0.300. The van der Waals surface area contributed by atoms with Crippen LogP contribution < -0.4 is 0 Å². The molecule has 0 aromatic carbocycles. The van der Waals surface area contributed by atoms with Crippen molar-refractivity contribution in [3.63, 3.8) is 0 Å². The van der Waals surface area contributed by atoms with Gasteiger partial charge in [0.05, 0.1) is 0 Å². The molecule has 0 amide bonds. The maximum Gasteiger partial charge on any atom is 0.0142 e. The molecule has 0 aromatic rings. The van der Waals surface area contributed by atoms with Gasteiger partial charge in [-0.1, -0.05) is 73.4 Å². The number of allylic oxidation sites excluding steroid dienone is 10. The van der Waals surface area contributed by atoms with Crippen LogP contribution in [0.1, 0.15) is 27.2 Å². The van der Waals surface area contributed by atoms with Crippen LogP contribution in [0.15, 0.2) is 60.8 Å². The lowest BCUT2D eigenvalue weighted by Crippen LogP contribution is -1.84. The van der Waals surface area contributed by atoms with Crippen molar-refractivity contribution < 1.29 is 0 Å². The average molecular weight is 226 g/mol. The Morgan fingerprint density at radius 2 is 1.47 bits per heavy atom. The standard InChI is InChI=1S/C17H22/c1-4-7-10-13-16-17(14-11-8-5-2)15-12-9-6-3/h5-6,8-9,11-17H,4H2,1-3H3. The van der Waals surface area contributed by atoms with Gasteiger partial charge in [0.2, 0.25) is 0 Å². The van der Waals surface area contributed by atoms with Gasteiger partial charge in [0, 0.05) is 12.3 Å². The van der Waals surface area contributed by atoms with Gasteiger partial charge >= 0.3 is 0 Å². The van der Waals surface area contributed by atoms with Crippen LogP contribution in [0.5, 0.6) is 0 Å². The maximum absolute atomic E-state index is 3.03. The molecule has 0 unspecified atom stereocenters. The zero-order valence-electron chi connectivity index (χ0n) is 11.1. The number of hydrogen-bond acceptors (Lipinski definition) is 0. The summed E-state index contributed by atoms with van der Waals surface area (Å²) < 4.78 is 0. The Morgan fingerprint density at radius 1 is 0.882 bits per heavy atom. The Bertz CT molecular complexity index is 343. The van der Waals surface area contributed by atoms with Gasteiger partial charge in [-0.05, 0) is 19.9 Å². The molecule has 0 N–H and O–H groups in total. The van der Waals surface area contributed by atoms with Crippen molar-refractivity contribution in [3.05, 3.63) is 60.8 Å². The molecule has 0 atom stereocenters. The van der Waals surface area contributed by atoms with E-state index in [-0.39, 0.29) is 0 Å². The van der Waals surface area contributed by atoms with E-state index in [1.54, 1.807) is 0 Å². The first-order valence-electron chi connectivity index (χ1n) is 6.09. The molecular weight excluding hydrogens is 204 g/mol. The molecule has 0 spiro atoms. The van der Waals surface area contributed by atoms with Gasteiger partial charge in [0.1, 0.15) is 0 Å². The Labute approximate surface area is 106 Å². The Hall–Kier alpha value is -1.74. The highest BCUT2D eigenvalue weighted by Crippen LogP contribution is 2.04. The van der Waals surface area contributed by atoms with Crippen LogP contribution in [-0.2, 0) is 0 Å². The third-order valence-corrected chi connectivity index (χ3v) is 1.95. The Balaban J connectivity index is 4.54. The van der Waals surface area contributed by atoms with Crippen LogP contribution in [0.3, 0.4) is 0 Å². The monoisotopic (exact) mass is 226 g/mol. The second-order valence-corrected chi connectivity index (χ2v) is 3.43. The highest BCUT2D eigenvalue weighted by Gasteiger charge is 1.90. The van der Waals surface area contributed by atoms with Gasteiger partial charge in [0.25, 0.3) is 0 Å². The molecule has 0 aliphatic rings. The molecule has 0 saturated heterocycles. The number of rotatable bonds is 5. The van der Waals surface area contributed by atoms with E-state index in [0.29, 0.717) is 5.92 Å². The lowest BCUT2D eigenvalue weighted by Gasteiger charge is -1.97. The smallest absolute Gasteiger partial charge is 0.0142 e. The molecule has 0 heteroatoms. The summed E-state index contributed by atoms with van der Waals surface area (Å²) in [6.07, 6.45) is 21.4. The molecule has 0 heterocycles. The van der Waals surface area contributed by atoms with Crippen LogP contribution in [0.25, 0.3) is 0 Å². The fraction of sp³-hybridized carbons (Fsp3) is 0.294. The third kappa shape index (κ3) is 10.5. The van der Waals surface area contributed by atoms with E-state index in [2.05, 4.69) is 49.1 Å². The summed E-state index contributed by atoms with van der Waals surface area (Å²) in [6, 6.07) is 0. The van der Waals surface area contributed by atoms with E-state index in [1.807, 2.05) is 44.2 Å². The minimum absolute atomic E-state index is 0.300. The van der Waals surface area contributed by atoms with Gasteiger partial charge < -0.3 is 0 Å². The van der Waals surface area contributed by atoms with Crippen molar-refractivity contribution in [1.29, 1.82) is 0 Å². The molecule has 0 bridgehead atoms. The summed E-state index contributed by atoms with van der Waals surface area (Å²) in [4.78, 5) is 0. The molecular formula is C17H22. The van der Waals surface area contributed by atoms with Crippen LogP contribution in [0.2, 0.25) is 0 Å². The topological polar surface area (TPSA) is 0 Å². The van der Waals surface area contributed by atoms with Crippen LogP contribution >= 0.6 is 0 Å². The minimum Gasteiger partial charge on any atom is -0.0988 e. The van der Waals surface area contributed by atoms with E-state index in [4.69, 9.17) is 0 Å². The van der Waals surface area contributed by atoms with Crippen molar-refractivity contribution in [2.75, 3.05) is 0 Å². The molecule has 0 nitrogen and oxygen atoms in total. The Kier molecular flexibility index (Phi) is 11.1. The Morgan fingerprint density at radius 3 is 1.94 bits per heavy atom. The molecule has 0 aliphatic heterocycles. The maximum atomic E-state index is 3.03. The normalized spacial score (nSPS) is 14.3. The first-order valence-corrected chi connectivity index (χ1v) is 6.09. The second-order valence-electron chi connectivity index (χ2n) is 3.43. The van der Waals surface area contributed by atoms with Crippen molar-refractivity contribution in [2.45, 2.75) is 27.2 Å². The van der Waals surface area contributed by atoms with E-state index in [9.17, 15) is 0 Å². The highest BCUT2D eigenvalue weighted by atomic mass is 14.0. The lowest BCUT2D eigenvalue weighted by atomic mass is 10.1. The van der Waals surface area contributed by atoms with E-state index < -0.39 is 0 Å². The van der Waals surface area contributed by atoms with Crippen molar-refractivity contribution in [1.82, 2.24) is 0 Å². The zero-order valence-corrected chi connectivity index (χ0v) is 11.1. The summed E-state index contributed by atoms with van der Waals surface area (Å²) >= 11 is 0. The predicted molar refractivity (Wildman–Crippen MR) is 78.6 cm³/mol. The average Bonchev–Trinajstić information content (AvgIpc) is 2.34. The number of hydrogen-bond donors (Lipinski definition) is 0. The molecule has 0 radical (unpaired) electrons. The largest absolute Gasteiger partial charge is 0.0988 e. The van der Waals surface area contributed by atoms with E-state index in [0.717, 1.165) is 6.42 Å². The van der Waals surface area contributed by atoms with E-state index >= 15 is 0 Å². The molecule has 17 heavy (non-hydrogen) atoms. The SMILES string of the molecule is CC=CC=CC(C=CC#CCC)C=CC=CC. The summed E-state index contributed by atoms with van der Waals surface area (Å²) in [5, 5.41) is 0. The predicted octanol–water partition coefficient (Wildman–Crippen LogP) is 4.84. The summed E-state index contributed by atoms with van der Waals surface area (Å²) in [5.74, 6) is 6.34. The molecule has 90 valence electrons. The van der Waals surface area contributed by atoms with Crippen molar-refractivity contribution in [3.8, 4) is 11.8 Å². The zero-order chi connectivity index (χ0) is 12.8. The van der Waals surface area contributed by atoms with Gasteiger partial charge in [0.15, 0.2) is 0 Å². The summed E-state index contributed by atoms with van der Waals surface area (Å²) in [5.41, 5.74) is 0. The molecule has 0 fully saturated rings.